The SMILES string of the molecule is CCNC(C)C(CC)Cc1cc(F)ccc1F. The van der Waals surface area contributed by atoms with Crippen LogP contribution in [0.1, 0.15) is 32.8 Å². The molecule has 96 valence electrons. The third kappa shape index (κ3) is 4.08. The van der Waals surface area contributed by atoms with Crippen molar-refractivity contribution in [2.45, 2.75) is 39.7 Å². The van der Waals surface area contributed by atoms with Gasteiger partial charge in [0.25, 0.3) is 0 Å². The summed E-state index contributed by atoms with van der Waals surface area (Å²) in [5, 5.41) is 3.33. The Balaban J connectivity index is 2.76. The zero-order valence-electron chi connectivity index (χ0n) is 10.8. The molecular formula is C14H21F2N. The van der Waals surface area contributed by atoms with Crippen LogP contribution in [0, 0.1) is 17.6 Å². The van der Waals surface area contributed by atoms with E-state index in [0.29, 0.717) is 23.9 Å². The van der Waals surface area contributed by atoms with Crippen molar-refractivity contribution in [1.82, 2.24) is 5.32 Å². The third-order valence-corrected chi connectivity index (χ3v) is 3.25. The summed E-state index contributed by atoms with van der Waals surface area (Å²) in [5.41, 5.74) is 0.474. The van der Waals surface area contributed by atoms with E-state index in [1.807, 2.05) is 6.92 Å². The van der Waals surface area contributed by atoms with E-state index in [-0.39, 0.29) is 11.6 Å². The van der Waals surface area contributed by atoms with Crippen molar-refractivity contribution < 1.29 is 8.78 Å². The van der Waals surface area contributed by atoms with E-state index in [9.17, 15) is 8.78 Å². The smallest absolute Gasteiger partial charge is 0.126 e. The summed E-state index contributed by atoms with van der Waals surface area (Å²) in [4.78, 5) is 0. The lowest BCUT2D eigenvalue weighted by molar-refractivity contribution is 0.363. The Bertz CT molecular complexity index is 352. The van der Waals surface area contributed by atoms with Gasteiger partial charge >= 0.3 is 0 Å². The van der Waals surface area contributed by atoms with E-state index in [0.717, 1.165) is 19.0 Å². The highest BCUT2D eigenvalue weighted by Gasteiger charge is 2.17. The summed E-state index contributed by atoms with van der Waals surface area (Å²) < 4.78 is 26.6. The van der Waals surface area contributed by atoms with Crippen LogP contribution in [0.3, 0.4) is 0 Å². The van der Waals surface area contributed by atoms with Crippen LogP contribution in [0.2, 0.25) is 0 Å². The lowest BCUT2D eigenvalue weighted by Crippen LogP contribution is -2.34. The van der Waals surface area contributed by atoms with Crippen LogP contribution in [0.15, 0.2) is 18.2 Å². The van der Waals surface area contributed by atoms with Crippen molar-refractivity contribution in [3.05, 3.63) is 35.4 Å². The van der Waals surface area contributed by atoms with Gasteiger partial charge in [0.2, 0.25) is 0 Å². The largest absolute Gasteiger partial charge is 0.314 e. The molecular weight excluding hydrogens is 220 g/mol. The second kappa shape index (κ2) is 6.70. The number of hydrogen-bond acceptors (Lipinski definition) is 1. The predicted octanol–water partition coefficient (Wildman–Crippen LogP) is 3.53. The van der Waals surface area contributed by atoms with Gasteiger partial charge in [-0.15, -0.1) is 0 Å². The molecule has 0 aliphatic carbocycles. The van der Waals surface area contributed by atoms with Crippen molar-refractivity contribution in [1.29, 1.82) is 0 Å². The normalized spacial score (nSPS) is 14.6. The van der Waals surface area contributed by atoms with E-state index in [2.05, 4.69) is 19.2 Å². The molecule has 0 amide bonds. The summed E-state index contributed by atoms with van der Waals surface area (Å²) in [5.74, 6) is -0.354. The zero-order valence-corrected chi connectivity index (χ0v) is 10.8. The molecule has 2 atom stereocenters. The van der Waals surface area contributed by atoms with Crippen LogP contribution >= 0.6 is 0 Å². The second-order valence-electron chi connectivity index (χ2n) is 4.45. The molecule has 3 heteroatoms. The summed E-state index contributed by atoms with van der Waals surface area (Å²) in [6.45, 7) is 7.11. The first-order valence-corrected chi connectivity index (χ1v) is 6.25. The van der Waals surface area contributed by atoms with Crippen molar-refractivity contribution in [2.75, 3.05) is 6.54 Å². The van der Waals surface area contributed by atoms with Gasteiger partial charge in [0.1, 0.15) is 11.6 Å². The maximum atomic E-state index is 13.5. The van der Waals surface area contributed by atoms with Gasteiger partial charge in [-0.1, -0.05) is 20.3 Å². The van der Waals surface area contributed by atoms with E-state index in [4.69, 9.17) is 0 Å². The number of hydrogen-bond donors (Lipinski definition) is 1. The first kappa shape index (κ1) is 14.1. The van der Waals surface area contributed by atoms with Gasteiger partial charge in [-0.3, -0.25) is 0 Å². The Morgan fingerprint density at radius 1 is 1.24 bits per heavy atom. The average Bonchev–Trinajstić information content (AvgIpc) is 2.30. The molecule has 0 saturated heterocycles. The molecule has 1 N–H and O–H groups in total. The maximum absolute atomic E-state index is 13.5. The van der Waals surface area contributed by atoms with Crippen LogP contribution < -0.4 is 5.32 Å². The Labute approximate surface area is 102 Å². The fraction of sp³-hybridized carbons (Fsp3) is 0.571. The quantitative estimate of drug-likeness (QED) is 0.803. The summed E-state index contributed by atoms with van der Waals surface area (Å²) in [6, 6.07) is 3.98. The first-order chi connectivity index (χ1) is 8.08. The Morgan fingerprint density at radius 2 is 1.94 bits per heavy atom. The lowest BCUT2D eigenvalue weighted by atomic mass is 9.90. The highest BCUT2D eigenvalue weighted by atomic mass is 19.1. The maximum Gasteiger partial charge on any atom is 0.126 e. The molecule has 0 radical (unpaired) electrons. The molecule has 0 aromatic heterocycles. The zero-order chi connectivity index (χ0) is 12.8. The minimum absolute atomic E-state index is 0.312. The van der Waals surface area contributed by atoms with Crippen molar-refractivity contribution >= 4 is 0 Å². The molecule has 2 unspecified atom stereocenters. The number of rotatable bonds is 6. The predicted molar refractivity (Wildman–Crippen MR) is 67.0 cm³/mol. The fourth-order valence-corrected chi connectivity index (χ4v) is 2.15. The molecule has 17 heavy (non-hydrogen) atoms. The molecule has 0 bridgehead atoms. The number of benzene rings is 1. The van der Waals surface area contributed by atoms with Gasteiger partial charge in [-0.25, -0.2) is 8.78 Å². The molecule has 1 nitrogen and oxygen atoms in total. The van der Waals surface area contributed by atoms with Gasteiger partial charge in [0.15, 0.2) is 0 Å². The minimum atomic E-state index is -0.368. The molecule has 0 spiro atoms. The van der Waals surface area contributed by atoms with Crippen LogP contribution in [0.5, 0.6) is 0 Å². The van der Waals surface area contributed by atoms with E-state index < -0.39 is 0 Å². The van der Waals surface area contributed by atoms with Gasteiger partial charge < -0.3 is 5.32 Å². The molecule has 0 heterocycles. The molecule has 1 aromatic carbocycles. The van der Waals surface area contributed by atoms with Crippen LogP contribution in [-0.4, -0.2) is 12.6 Å². The highest BCUT2D eigenvalue weighted by Crippen LogP contribution is 2.19. The molecule has 1 rings (SSSR count). The number of nitrogens with one attached hydrogen (secondary N) is 1. The minimum Gasteiger partial charge on any atom is -0.314 e. The monoisotopic (exact) mass is 241 g/mol. The molecule has 1 aromatic rings. The number of halogens is 2. The van der Waals surface area contributed by atoms with E-state index in [1.54, 1.807) is 0 Å². The lowest BCUT2D eigenvalue weighted by Gasteiger charge is -2.23. The van der Waals surface area contributed by atoms with Crippen LogP contribution in [0.4, 0.5) is 8.78 Å². The Kier molecular flexibility index (Phi) is 5.56. The van der Waals surface area contributed by atoms with Crippen molar-refractivity contribution in [3.63, 3.8) is 0 Å². The van der Waals surface area contributed by atoms with Crippen molar-refractivity contribution in [3.8, 4) is 0 Å². The Morgan fingerprint density at radius 3 is 2.53 bits per heavy atom. The topological polar surface area (TPSA) is 12.0 Å². The highest BCUT2D eigenvalue weighted by molar-refractivity contribution is 5.19. The summed E-state index contributed by atoms with van der Waals surface area (Å²) in [6.07, 6.45) is 1.53. The summed E-state index contributed by atoms with van der Waals surface area (Å²) >= 11 is 0. The fourth-order valence-electron chi connectivity index (χ4n) is 2.15. The van der Waals surface area contributed by atoms with Crippen LogP contribution in [0.25, 0.3) is 0 Å². The van der Waals surface area contributed by atoms with E-state index >= 15 is 0 Å². The van der Waals surface area contributed by atoms with Gasteiger partial charge in [0, 0.05) is 6.04 Å². The first-order valence-electron chi connectivity index (χ1n) is 6.25. The molecule has 0 fully saturated rings. The van der Waals surface area contributed by atoms with Crippen LogP contribution in [-0.2, 0) is 6.42 Å². The molecule has 0 aliphatic rings. The Hall–Kier alpha value is -0.960. The van der Waals surface area contributed by atoms with Gasteiger partial charge in [-0.2, -0.15) is 0 Å². The van der Waals surface area contributed by atoms with Gasteiger partial charge in [-0.05, 0) is 49.6 Å². The second-order valence-corrected chi connectivity index (χ2v) is 4.45. The third-order valence-electron chi connectivity index (χ3n) is 3.25. The average molecular weight is 241 g/mol. The van der Waals surface area contributed by atoms with Gasteiger partial charge in [0.05, 0.1) is 0 Å². The van der Waals surface area contributed by atoms with Crippen molar-refractivity contribution in [2.24, 2.45) is 5.92 Å². The molecule has 0 saturated carbocycles. The van der Waals surface area contributed by atoms with E-state index in [1.165, 1.54) is 12.1 Å². The summed E-state index contributed by atoms with van der Waals surface area (Å²) in [7, 11) is 0. The standard InChI is InChI=1S/C14H21F2N/c1-4-11(10(3)17-5-2)8-12-9-13(15)6-7-14(12)16/h6-7,9-11,17H,4-5,8H2,1-3H3. The molecule has 0 aliphatic heterocycles.